The van der Waals surface area contributed by atoms with Crippen LogP contribution < -0.4 is 0 Å². The average molecular weight is 466 g/mol. The largest absolute Gasteiger partial charge is 0.339 e. The van der Waals surface area contributed by atoms with Gasteiger partial charge in [0.2, 0.25) is 26.0 Å². The van der Waals surface area contributed by atoms with Crippen molar-refractivity contribution in [3.8, 4) is 0 Å². The van der Waals surface area contributed by atoms with Gasteiger partial charge in [0.15, 0.2) is 0 Å². The molecule has 1 fully saturated rings. The monoisotopic (exact) mass is 465 g/mol. The predicted octanol–water partition coefficient (Wildman–Crippen LogP) is 1.46. The lowest BCUT2D eigenvalue weighted by atomic mass is 10.2. The first-order valence-electron chi connectivity index (χ1n) is 9.89. The summed E-state index contributed by atoms with van der Waals surface area (Å²) in [6.45, 7) is 4.19. The summed E-state index contributed by atoms with van der Waals surface area (Å²) in [7, 11) is -6.04. The Bertz CT molecular complexity index is 1140. The first-order valence-corrected chi connectivity index (χ1v) is 12.8. The number of aryl methyl sites for hydroxylation is 2. The van der Waals surface area contributed by atoms with Crippen LogP contribution in [0.3, 0.4) is 0 Å². The molecular weight excluding hydrogens is 438 g/mol. The summed E-state index contributed by atoms with van der Waals surface area (Å²) >= 11 is 0. The van der Waals surface area contributed by atoms with E-state index in [0.717, 1.165) is 15.4 Å². The number of benzene rings is 2. The van der Waals surface area contributed by atoms with Gasteiger partial charge in [-0.05, 0) is 38.1 Å². The van der Waals surface area contributed by atoms with Crippen LogP contribution in [-0.2, 0) is 24.8 Å². The van der Waals surface area contributed by atoms with E-state index in [1.54, 1.807) is 36.4 Å². The number of nitrogens with zero attached hydrogens (tertiary/aromatic N) is 3. The fourth-order valence-electron chi connectivity index (χ4n) is 3.30. The quantitative estimate of drug-likeness (QED) is 0.644. The molecule has 2 aromatic carbocycles. The Balaban J connectivity index is 1.61. The maximum atomic E-state index is 12.8. The van der Waals surface area contributed by atoms with Crippen LogP contribution in [0.5, 0.6) is 0 Å². The molecule has 0 aliphatic carbocycles. The third kappa shape index (κ3) is 5.15. The van der Waals surface area contributed by atoms with Gasteiger partial charge < -0.3 is 4.90 Å². The van der Waals surface area contributed by atoms with Gasteiger partial charge in [-0.2, -0.15) is 8.61 Å². The summed E-state index contributed by atoms with van der Waals surface area (Å²) in [6, 6.07) is 13.1. The number of sulfonamides is 2. The smallest absolute Gasteiger partial charge is 0.243 e. The van der Waals surface area contributed by atoms with Gasteiger partial charge in [0.05, 0.1) is 16.3 Å². The minimum Gasteiger partial charge on any atom is -0.339 e. The van der Waals surface area contributed by atoms with Crippen molar-refractivity contribution < 1.29 is 21.6 Å². The summed E-state index contributed by atoms with van der Waals surface area (Å²) in [5.74, 6) is -0.356. The minimum atomic E-state index is -3.78. The Kier molecular flexibility index (Phi) is 6.85. The van der Waals surface area contributed by atoms with Crippen molar-refractivity contribution in [3.05, 3.63) is 59.7 Å². The van der Waals surface area contributed by atoms with E-state index >= 15 is 0 Å². The number of piperazine rings is 1. The van der Waals surface area contributed by atoms with Crippen molar-refractivity contribution in [1.82, 2.24) is 13.5 Å². The normalized spacial score (nSPS) is 15.9. The van der Waals surface area contributed by atoms with Crippen LogP contribution in [0.15, 0.2) is 58.3 Å². The zero-order chi connectivity index (χ0) is 22.8. The Hall–Kier alpha value is -2.27. The van der Waals surface area contributed by atoms with E-state index in [1.807, 2.05) is 13.8 Å². The molecule has 1 aliphatic heterocycles. The average Bonchev–Trinajstić information content (AvgIpc) is 2.74. The summed E-state index contributed by atoms with van der Waals surface area (Å²) < 4.78 is 53.4. The fraction of sp³-hybridized carbons (Fsp3) is 0.381. The Morgan fingerprint density at radius 1 is 0.806 bits per heavy atom. The van der Waals surface area contributed by atoms with Crippen LogP contribution in [-0.4, -0.2) is 76.0 Å². The maximum absolute atomic E-state index is 12.8. The SMILES string of the molecule is Cc1ccc(S(=O)(=O)N(C)CC(=O)N2CCN(S(=O)(=O)c3ccc(C)cc3)CC2)cc1. The summed E-state index contributed by atoms with van der Waals surface area (Å²) in [5.41, 5.74) is 1.91. The molecule has 0 bridgehead atoms. The molecule has 0 unspecified atom stereocenters. The molecule has 168 valence electrons. The Labute approximate surface area is 184 Å². The number of hydrogen-bond donors (Lipinski definition) is 0. The van der Waals surface area contributed by atoms with Crippen LogP contribution in [0.2, 0.25) is 0 Å². The highest BCUT2D eigenvalue weighted by molar-refractivity contribution is 7.89. The molecule has 1 amide bonds. The van der Waals surface area contributed by atoms with Crippen molar-refractivity contribution >= 4 is 26.0 Å². The lowest BCUT2D eigenvalue weighted by Crippen LogP contribution is -2.52. The van der Waals surface area contributed by atoms with Crippen LogP contribution >= 0.6 is 0 Å². The highest BCUT2D eigenvalue weighted by atomic mass is 32.2. The van der Waals surface area contributed by atoms with Gasteiger partial charge in [-0.15, -0.1) is 0 Å². The molecule has 0 spiro atoms. The number of likely N-dealkylation sites (N-methyl/N-ethyl adjacent to an activating group) is 1. The number of amides is 1. The Morgan fingerprint density at radius 3 is 1.74 bits per heavy atom. The molecule has 8 nitrogen and oxygen atoms in total. The fourth-order valence-corrected chi connectivity index (χ4v) is 5.85. The standard InChI is InChI=1S/C21H27N3O5S2/c1-17-4-8-19(9-5-17)30(26,27)22(3)16-21(25)23-12-14-24(15-13-23)31(28,29)20-10-6-18(2)7-11-20/h4-11H,12-16H2,1-3H3. The van der Waals surface area contributed by atoms with E-state index in [2.05, 4.69) is 0 Å². The second kappa shape index (κ2) is 9.07. The molecular formula is C21H27N3O5S2. The molecule has 0 atom stereocenters. The van der Waals surface area contributed by atoms with Crippen molar-refractivity contribution in [2.45, 2.75) is 23.6 Å². The lowest BCUT2D eigenvalue weighted by Gasteiger charge is -2.34. The van der Waals surface area contributed by atoms with Crippen molar-refractivity contribution in [2.24, 2.45) is 0 Å². The molecule has 0 aromatic heterocycles. The maximum Gasteiger partial charge on any atom is 0.243 e. The molecule has 1 aliphatic rings. The van der Waals surface area contributed by atoms with Crippen LogP contribution in [0.1, 0.15) is 11.1 Å². The third-order valence-corrected chi connectivity index (χ3v) is 9.07. The second-order valence-electron chi connectivity index (χ2n) is 7.67. The zero-order valence-corrected chi connectivity index (χ0v) is 19.5. The molecule has 3 rings (SSSR count). The van der Waals surface area contributed by atoms with Crippen LogP contribution in [0, 0.1) is 13.8 Å². The highest BCUT2D eigenvalue weighted by Gasteiger charge is 2.31. The first-order chi connectivity index (χ1) is 14.5. The third-order valence-electron chi connectivity index (χ3n) is 5.34. The van der Waals surface area contributed by atoms with E-state index in [9.17, 15) is 21.6 Å². The lowest BCUT2D eigenvalue weighted by molar-refractivity contribution is -0.132. The van der Waals surface area contributed by atoms with E-state index < -0.39 is 20.0 Å². The number of hydrogen-bond acceptors (Lipinski definition) is 5. The first kappa shape index (κ1) is 23.4. The molecule has 10 heteroatoms. The summed E-state index contributed by atoms with van der Waals surface area (Å²) in [4.78, 5) is 14.5. The topological polar surface area (TPSA) is 95.1 Å². The van der Waals surface area contributed by atoms with Gasteiger partial charge in [-0.1, -0.05) is 35.4 Å². The molecule has 31 heavy (non-hydrogen) atoms. The van der Waals surface area contributed by atoms with Gasteiger partial charge in [-0.3, -0.25) is 4.79 Å². The van der Waals surface area contributed by atoms with Gasteiger partial charge in [-0.25, -0.2) is 16.8 Å². The van der Waals surface area contributed by atoms with E-state index in [0.29, 0.717) is 0 Å². The summed E-state index contributed by atoms with van der Waals surface area (Å²) in [5, 5.41) is 0. The molecule has 0 N–H and O–H groups in total. The van der Waals surface area contributed by atoms with E-state index in [1.165, 1.54) is 28.4 Å². The Morgan fingerprint density at radius 2 is 1.26 bits per heavy atom. The van der Waals surface area contributed by atoms with Crippen LogP contribution in [0.25, 0.3) is 0 Å². The van der Waals surface area contributed by atoms with Crippen molar-refractivity contribution in [2.75, 3.05) is 39.8 Å². The van der Waals surface area contributed by atoms with E-state index in [-0.39, 0.29) is 48.4 Å². The molecule has 2 aromatic rings. The van der Waals surface area contributed by atoms with E-state index in [4.69, 9.17) is 0 Å². The van der Waals surface area contributed by atoms with Crippen LogP contribution in [0.4, 0.5) is 0 Å². The molecule has 1 saturated heterocycles. The minimum absolute atomic E-state index is 0.127. The highest BCUT2D eigenvalue weighted by Crippen LogP contribution is 2.19. The number of rotatable bonds is 6. The van der Waals surface area contributed by atoms with Gasteiger partial charge in [0, 0.05) is 33.2 Å². The molecule has 1 heterocycles. The van der Waals surface area contributed by atoms with Crippen molar-refractivity contribution in [3.63, 3.8) is 0 Å². The second-order valence-corrected chi connectivity index (χ2v) is 11.7. The number of carbonyl (C=O) groups excluding carboxylic acids is 1. The zero-order valence-electron chi connectivity index (χ0n) is 17.9. The molecule has 0 saturated carbocycles. The van der Waals surface area contributed by atoms with Crippen molar-refractivity contribution in [1.29, 1.82) is 0 Å². The summed E-state index contributed by atoms with van der Waals surface area (Å²) in [6.07, 6.45) is 0. The van der Waals surface area contributed by atoms with Gasteiger partial charge in [0.25, 0.3) is 0 Å². The predicted molar refractivity (Wildman–Crippen MR) is 118 cm³/mol. The van der Waals surface area contributed by atoms with Gasteiger partial charge >= 0.3 is 0 Å². The number of carbonyl (C=O) groups is 1. The molecule has 0 radical (unpaired) electrons. The van der Waals surface area contributed by atoms with Gasteiger partial charge in [0.1, 0.15) is 0 Å².